The van der Waals surface area contributed by atoms with Gasteiger partial charge in [-0.15, -0.1) is 0 Å². The quantitative estimate of drug-likeness (QED) is 0.616. The van der Waals surface area contributed by atoms with Crippen molar-refractivity contribution in [2.45, 2.75) is 26.5 Å². The van der Waals surface area contributed by atoms with Crippen LogP contribution >= 0.6 is 0 Å². The minimum atomic E-state index is -0.346. The summed E-state index contributed by atoms with van der Waals surface area (Å²) in [6, 6.07) is 16.7. The smallest absolute Gasteiger partial charge is 0.251 e. The van der Waals surface area contributed by atoms with Gasteiger partial charge in [-0.3, -0.25) is 9.78 Å². The van der Waals surface area contributed by atoms with Crippen molar-refractivity contribution in [1.29, 1.82) is 0 Å². The Labute approximate surface area is 164 Å². The van der Waals surface area contributed by atoms with Crippen LogP contribution in [0.2, 0.25) is 0 Å². The lowest BCUT2D eigenvalue weighted by Gasteiger charge is -2.15. The molecule has 0 fully saturated rings. The van der Waals surface area contributed by atoms with Crippen LogP contribution in [0.5, 0.6) is 0 Å². The number of aryl methyl sites for hydroxylation is 1. The first-order valence-electron chi connectivity index (χ1n) is 9.20. The van der Waals surface area contributed by atoms with Crippen LogP contribution in [0.15, 0.2) is 60.8 Å². The molecule has 5 heteroatoms. The molecule has 3 rings (SSSR count). The number of carbonyl (C=O) groups excluding carboxylic acids is 1. The number of aliphatic hydroxyl groups is 2. The van der Waals surface area contributed by atoms with Crippen LogP contribution < -0.4 is 5.32 Å². The van der Waals surface area contributed by atoms with Crippen molar-refractivity contribution >= 4 is 5.91 Å². The molecule has 0 aliphatic rings. The molecule has 28 heavy (non-hydrogen) atoms. The van der Waals surface area contributed by atoms with Gasteiger partial charge in [0.1, 0.15) is 0 Å². The first-order chi connectivity index (χ1) is 13.5. The Morgan fingerprint density at radius 2 is 1.82 bits per heavy atom. The highest BCUT2D eigenvalue weighted by Gasteiger charge is 2.14. The van der Waals surface area contributed by atoms with E-state index in [1.807, 2.05) is 49.4 Å². The third-order valence-corrected chi connectivity index (χ3v) is 4.55. The van der Waals surface area contributed by atoms with Gasteiger partial charge in [0, 0.05) is 23.4 Å². The number of nitrogens with one attached hydrogen (secondary N) is 1. The molecule has 1 aromatic heterocycles. The van der Waals surface area contributed by atoms with E-state index in [-0.39, 0.29) is 25.2 Å². The summed E-state index contributed by atoms with van der Waals surface area (Å²) in [7, 11) is 0. The van der Waals surface area contributed by atoms with Crippen molar-refractivity contribution in [2.75, 3.05) is 6.61 Å². The summed E-state index contributed by atoms with van der Waals surface area (Å²) >= 11 is 0. The van der Waals surface area contributed by atoms with E-state index in [1.54, 1.807) is 25.3 Å². The van der Waals surface area contributed by atoms with Crippen LogP contribution in [-0.2, 0) is 6.61 Å². The summed E-state index contributed by atoms with van der Waals surface area (Å²) in [5.41, 5.74) is 5.58. The zero-order chi connectivity index (χ0) is 20.1. The molecule has 0 bridgehead atoms. The van der Waals surface area contributed by atoms with Gasteiger partial charge < -0.3 is 15.5 Å². The normalized spacial score (nSPS) is 11.9. The number of hydrogen-bond acceptors (Lipinski definition) is 4. The third kappa shape index (κ3) is 4.44. The zero-order valence-electron chi connectivity index (χ0n) is 16.0. The molecule has 0 saturated heterocycles. The van der Waals surface area contributed by atoms with Crippen LogP contribution in [0.25, 0.3) is 22.4 Å². The van der Waals surface area contributed by atoms with E-state index in [0.29, 0.717) is 5.56 Å². The van der Waals surface area contributed by atoms with Crippen molar-refractivity contribution < 1.29 is 15.0 Å². The van der Waals surface area contributed by atoms with Crippen LogP contribution in [0.4, 0.5) is 0 Å². The summed E-state index contributed by atoms with van der Waals surface area (Å²) in [6.45, 7) is 3.49. The molecule has 0 aliphatic carbocycles. The summed E-state index contributed by atoms with van der Waals surface area (Å²) in [4.78, 5) is 17.2. The van der Waals surface area contributed by atoms with Gasteiger partial charge in [0.05, 0.1) is 18.9 Å². The molecule has 1 atom stereocenters. The van der Waals surface area contributed by atoms with Crippen molar-refractivity contribution in [3.8, 4) is 22.4 Å². The van der Waals surface area contributed by atoms with Gasteiger partial charge in [-0.25, -0.2) is 0 Å². The summed E-state index contributed by atoms with van der Waals surface area (Å²) in [5, 5.41) is 21.7. The van der Waals surface area contributed by atoms with E-state index in [0.717, 1.165) is 33.5 Å². The number of rotatable bonds is 6. The summed E-state index contributed by atoms with van der Waals surface area (Å²) in [6.07, 6.45) is 1.79. The van der Waals surface area contributed by atoms with Crippen LogP contribution in [0, 0.1) is 6.92 Å². The van der Waals surface area contributed by atoms with Crippen LogP contribution in [-0.4, -0.2) is 33.8 Å². The maximum atomic E-state index is 12.7. The van der Waals surface area contributed by atoms with E-state index in [9.17, 15) is 15.0 Å². The molecule has 0 spiro atoms. The number of aromatic nitrogens is 1. The van der Waals surface area contributed by atoms with E-state index in [2.05, 4.69) is 10.3 Å². The topological polar surface area (TPSA) is 82.5 Å². The van der Waals surface area contributed by atoms with Crippen molar-refractivity contribution in [1.82, 2.24) is 10.3 Å². The second-order valence-corrected chi connectivity index (χ2v) is 6.89. The minimum Gasteiger partial charge on any atom is -0.394 e. The second-order valence-electron chi connectivity index (χ2n) is 6.89. The molecule has 0 aliphatic heterocycles. The van der Waals surface area contributed by atoms with E-state index < -0.39 is 0 Å². The number of hydrogen-bond donors (Lipinski definition) is 3. The van der Waals surface area contributed by atoms with Crippen molar-refractivity contribution in [2.24, 2.45) is 0 Å². The molecule has 3 aromatic rings. The average molecular weight is 376 g/mol. The number of benzene rings is 2. The number of nitrogens with zero attached hydrogens (tertiary/aromatic N) is 1. The maximum absolute atomic E-state index is 12.7. The van der Waals surface area contributed by atoms with E-state index >= 15 is 0 Å². The lowest BCUT2D eigenvalue weighted by molar-refractivity contribution is 0.0922. The first-order valence-corrected chi connectivity index (χ1v) is 9.20. The Morgan fingerprint density at radius 3 is 2.50 bits per heavy atom. The number of amides is 1. The molecular formula is C23H24N2O3. The second kappa shape index (κ2) is 8.78. The average Bonchev–Trinajstić information content (AvgIpc) is 2.73. The monoisotopic (exact) mass is 376 g/mol. The van der Waals surface area contributed by atoms with Gasteiger partial charge in [-0.05, 0) is 60.4 Å². The molecule has 0 unspecified atom stereocenters. The number of aliphatic hydroxyl groups excluding tert-OH is 2. The molecule has 0 radical (unpaired) electrons. The highest BCUT2D eigenvalue weighted by atomic mass is 16.3. The fourth-order valence-corrected chi connectivity index (χ4v) is 2.99. The van der Waals surface area contributed by atoms with Gasteiger partial charge in [-0.2, -0.15) is 0 Å². The standard InChI is InChI=1S/C23H24N2O3/c1-15-7-8-22(24-12-15)19-9-18(21-6-4-3-5-17(21)14-27)10-20(11-19)23(28)25-16(2)13-26/h3-12,16,26-27H,13-14H2,1-2H3,(H,25,28)/t16-/m0/s1. The molecule has 144 valence electrons. The van der Waals surface area contributed by atoms with Gasteiger partial charge in [-0.1, -0.05) is 30.3 Å². The summed E-state index contributed by atoms with van der Waals surface area (Å²) in [5.74, 6) is -0.266. The van der Waals surface area contributed by atoms with Gasteiger partial charge in [0.25, 0.3) is 5.91 Å². The summed E-state index contributed by atoms with van der Waals surface area (Å²) < 4.78 is 0. The SMILES string of the molecule is Cc1ccc(-c2cc(C(=O)N[C@@H](C)CO)cc(-c3ccccc3CO)c2)nc1. The largest absolute Gasteiger partial charge is 0.394 e. The highest BCUT2D eigenvalue weighted by Crippen LogP contribution is 2.30. The van der Waals surface area contributed by atoms with Gasteiger partial charge in [0.2, 0.25) is 0 Å². The predicted molar refractivity (Wildman–Crippen MR) is 110 cm³/mol. The Hall–Kier alpha value is -3.02. The Bertz CT molecular complexity index is 968. The van der Waals surface area contributed by atoms with Crippen LogP contribution in [0.1, 0.15) is 28.4 Å². The maximum Gasteiger partial charge on any atom is 0.251 e. The third-order valence-electron chi connectivity index (χ3n) is 4.55. The van der Waals surface area contributed by atoms with Gasteiger partial charge in [0.15, 0.2) is 0 Å². The molecule has 0 saturated carbocycles. The fraction of sp³-hybridized carbons (Fsp3) is 0.217. The number of pyridine rings is 1. The predicted octanol–water partition coefficient (Wildman–Crippen LogP) is 3.33. The Morgan fingerprint density at radius 1 is 1.07 bits per heavy atom. The lowest BCUT2D eigenvalue weighted by Crippen LogP contribution is -2.35. The highest BCUT2D eigenvalue weighted by molar-refractivity contribution is 5.97. The minimum absolute atomic E-state index is 0.0910. The van der Waals surface area contributed by atoms with E-state index in [4.69, 9.17) is 0 Å². The van der Waals surface area contributed by atoms with E-state index in [1.165, 1.54) is 0 Å². The zero-order valence-corrected chi connectivity index (χ0v) is 16.0. The number of carbonyl (C=O) groups is 1. The molecule has 3 N–H and O–H groups in total. The lowest BCUT2D eigenvalue weighted by atomic mass is 9.94. The molecule has 2 aromatic carbocycles. The van der Waals surface area contributed by atoms with Crippen molar-refractivity contribution in [3.05, 3.63) is 77.5 Å². The van der Waals surface area contributed by atoms with Gasteiger partial charge >= 0.3 is 0 Å². The fourth-order valence-electron chi connectivity index (χ4n) is 2.99. The molecule has 1 amide bonds. The molecule has 1 heterocycles. The molecule has 5 nitrogen and oxygen atoms in total. The van der Waals surface area contributed by atoms with Crippen molar-refractivity contribution in [3.63, 3.8) is 0 Å². The first kappa shape index (κ1) is 19.7. The Kier molecular flexibility index (Phi) is 6.19. The molecular weight excluding hydrogens is 352 g/mol. The van der Waals surface area contributed by atoms with Crippen LogP contribution in [0.3, 0.4) is 0 Å². The Balaban J connectivity index is 2.13.